The SMILES string of the molecule is Cc1ccc(N2CCN(C(=O)Nc3cc(Cl)ccc3Cl)CC2)cc1. The van der Waals surface area contributed by atoms with Crippen molar-refractivity contribution in [3.05, 3.63) is 58.1 Å². The van der Waals surface area contributed by atoms with Gasteiger partial charge in [-0.3, -0.25) is 0 Å². The quantitative estimate of drug-likeness (QED) is 0.842. The molecule has 0 aliphatic carbocycles. The fraction of sp³-hybridized carbons (Fsp3) is 0.278. The molecule has 0 aromatic heterocycles. The van der Waals surface area contributed by atoms with Crippen LogP contribution < -0.4 is 10.2 Å². The predicted octanol–water partition coefficient (Wildman–Crippen LogP) is 4.66. The highest BCUT2D eigenvalue weighted by molar-refractivity contribution is 6.35. The van der Waals surface area contributed by atoms with Crippen LogP contribution in [0, 0.1) is 6.92 Å². The van der Waals surface area contributed by atoms with Gasteiger partial charge in [-0.1, -0.05) is 40.9 Å². The van der Waals surface area contributed by atoms with Crippen LogP contribution >= 0.6 is 23.2 Å². The summed E-state index contributed by atoms with van der Waals surface area (Å²) in [5.74, 6) is 0. The van der Waals surface area contributed by atoms with E-state index in [1.165, 1.54) is 11.3 Å². The summed E-state index contributed by atoms with van der Waals surface area (Å²) >= 11 is 12.0. The third kappa shape index (κ3) is 3.94. The van der Waals surface area contributed by atoms with Crippen LogP contribution in [0.5, 0.6) is 0 Å². The zero-order chi connectivity index (χ0) is 17.1. The number of amides is 2. The van der Waals surface area contributed by atoms with Gasteiger partial charge in [0.2, 0.25) is 0 Å². The van der Waals surface area contributed by atoms with Crippen LogP contribution in [0.15, 0.2) is 42.5 Å². The normalized spacial score (nSPS) is 14.6. The zero-order valence-electron chi connectivity index (χ0n) is 13.4. The smallest absolute Gasteiger partial charge is 0.322 e. The Morgan fingerprint density at radius 3 is 2.33 bits per heavy atom. The Morgan fingerprint density at radius 2 is 1.67 bits per heavy atom. The first-order valence-electron chi connectivity index (χ1n) is 7.85. The number of anilines is 2. The number of aryl methyl sites for hydroxylation is 1. The number of rotatable bonds is 2. The van der Waals surface area contributed by atoms with Gasteiger partial charge in [0.1, 0.15) is 0 Å². The van der Waals surface area contributed by atoms with E-state index < -0.39 is 0 Å². The molecule has 0 atom stereocenters. The predicted molar refractivity (Wildman–Crippen MR) is 100 cm³/mol. The maximum Gasteiger partial charge on any atom is 0.322 e. The number of carbonyl (C=O) groups is 1. The molecule has 1 aliphatic heterocycles. The number of nitrogens with one attached hydrogen (secondary N) is 1. The molecule has 126 valence electrons. The van der Waals surface area contributed by atoms with Crippen molar-refractivity contribution in [1.82, 2.24) is 4.90 Å². The minimum atomic E-state index is -0.150. The average Bonchev–Trinajstić information content (AvgIpc) is 2.59. The molecule has 2 amide bonds. The molecule has 2 aromatic carbocycles. The maximum absolute atomic E-state index is 12.4. The summed E-state index contributed by atoms with van der Waals surface area (Å²) in [7, 11) is 0. The van der Waals surface area contributed by atoms with Crippen molar-refractivity contribution in [3.63, 3.8) is 0 Å². The molecule has 0 spiro atoms. The number of halogens is 2. The molecule has 1 N–H and O–H groups in total. The fourth-order valence-electron chi connectivity index (χ4n) is 2.71. The molecule has 1 saturated heterocycles. The molecule has 0 radical (unpaired) electrons. The van der Waals surface area contributed by atoms with E-state index in [9.17, 15) is 4.79 Å². The van der Waals surface area contributed by atoms with Crippen LogP contribution in [0.4, 0.5) is 16.2 Å². The third-order valence-corrected chi connectivity index (χ3v) is 4.70. The molecule has 24 heavy (non-hydrogen) atoms. The second-order valence-electron chi connectivity index (χ2n) is 5.86. The molecule has 2 aromatic rings. The molecule has 0 unspecified atom stereocenters. The Bertz CT molecular complexity index is 726. The maximum atomic E-state index is 12.4. The molecule has 4 nitrogen and oxygen atoms in total. The summed E-state index contributed by atoms with van der Waals surface area (Å²) < 4.78 is 0. The minimum absolute atomic E-state index is 0.150. The van der Waals surface area contributed by atoms with Crippen molar-refractivity contribution >= 4 is 40.6 Å². The van der Waals surface area contributed by atoms with Crippen molar-refractivity contribution in [2.24, 2.45) is 0 Å². The van der Waals surface area contributed by atoms with Crippen molar-refractivity contribution in [3.8, 4) is 0 Å². The van der Waals surface area contributed by atoms with Gasteiger partial charge in [-0.15, -0.1) is 0 Å². The molecule has 3 rings (SSSR count). The molecular weight excluding hydrogens is 345 g/mol. The third-order valence-electron chi connectivity index (χ3n) is 4.14. The van der Waals surface area contributed by atoms with E-state index in [-0.39, 0.29) is 6.03 Å². The number of piperazine rings is 1. The Kier molecular flexibility index (Phi) is 5.17. The Labute approximate surface area is 152 Å². The van der Waals surface area contributed by atoms with Gasteiger partial charge in [-0.25, -0.2) is 4.79 Å². The number of hydrogen-bond donors (Lipinski definition) is 1. The zero-order valence-corrected chi connectivity index (χ0v) is 14.9. The van der Waals surface area contributed by atoms with E-state index >= 15 is 0 Å². The van der Waals surface area contributed by atoms with Gasteiger partial charge < -0.3 is 15.1 Å². The number of hydrogen-bond acceptors (Lipinski definition) is 2. The van der Waals surface area contributed by atoms with Crippen LogP contribution in [0.25, 0.3) is 0 Å². The van der Waals surface area contributed by atoms with Gasteiger partial charge >= 0.3 is 6.03 Å². The van der Waals surface area contributed by atoms with E-state index in [2.05, 4.69) is 41.4 Å². The monoisotopic (exact) mass is 363 g/mol. The molecule has 6 heteroatoms. The molecule has 1 fully saturated rings. The highest BCUT2D eigenvalue weighted by atomic mass is 35.5. The first-order valence-corrected chi connectivity index (χ1v) is 8.61. The summed E-state index contributed by atoms with van der Waals surface area (Å²) in [6, 6.07) is 13.3. The van der Waals surface area contributed by atoms with Gasteiger partial charge in [-0.05, 0) is 37.3 Å². The van der Waals surface area contributed by atoms with E-state index in [1.54, 1.807) is 23.1 Å². The van der Waals surface area contributed by atoms with Crippen molar-refractivity contribution in [2.75, 3.05) is 36.4 Å². The van der Waals surface area contributed by atoms with Crippen molar-refractivity contribution < 1.29 is 4.79 Å². The second kappa shape index (κ2) is 7.32. The summed E-state index contributed by atoms with van der Waals surface area (Å²) in [6.45, 7) is 5.02. The largest absolute Gasteiger partial charge is 0.368 e. The molecule has 0 saturated carbocycles. The number of nitrogens with zero attached hydrogens (tertiary/aromatic N) is 2. The average molecular weight is 364 g/mol. The summed E-state index contributed by atoms with van der Waals surface area (Å²) in [5, 5.41) is 3.85. The van der Waals surface area contributed by atoms with Gasteiger partial charge in [0.25, 0.3) is 0 Å². The Morgan fingerprint density at radius 1 is 1.00 bits per heavy atom. The Hall–Kier alpha value is -1.91. The van der Waals surface area contributed by atoms with Crippen LogP contribution in [0.1, 0.15) is 5.56 Å². The number of carbonyl (C=O) groups excluding carboxylic acids is 1. The lowest BCUT2D eigenvalue weighted by molar-refractivity contribution is 0.208. The van der Waals surface area contributed by atoms with Gasteiger partial charge in [0.05, 0.1) is 10.7 Å². The van der Waals surface area contributed by atoms with Crippen LogP contribution in [-0.2, 0) is 0 Å². The van der Waals surface area contributed by atoms with Crippen LogP contribution in [0.2, 0.25) is 10.0 Å². The minimum Gasteiger partial charge on any atom is -0.368 e. The lowest BCUT2D eigenvalue weighted by atomic mass is 10.2. The lowest BCUT2D eigenvalue weighted by Crippen LogP contribution is -2.50. The van der Waals surface area contributed by atoms with Gasteiger partial charge in [-0.2, -0.15) is 0 Å². The van der Waals surface area contributed by atoms with Gasteiger partial charge in [0, 0.05) is 36.9 Å². The number of benzene rings is 2. The van der Waals surface area contributed by atoms with E-state index in [1.807, 2.05) is 0 Å². The fourth-order valence-corrected chi connectivity index (χ4v) is 3.05. The molecule has 0 bridgehead atoms. The van der Waals surface area contributed by atoms with Crippen molar-refractivity contribution in [1.29, 1.82) is 0 Å². The summed E-state index contributed by atoms with van der Waals surface area (Å²) in [4.78, 5) is 16.5. The van der Waals surface area contributed by atoms with Crippen LogP contribution in [0.3, 0.4) is 0 Å². The Balaban J connectivity index is 1.59. The van der Waals surface area contributed by atoms with E-state index in [0.29, 0.717) is 28.8 Å². The lowest BCUT2D eigenvalue weighted by Gasteiger charge is -2.36. The summed E-state index contributed by atoms with van der Waals surface area (Å²) in [6.07, 6.45) is 0. The standard InChI is InChI=1S/C18H19Cl2N3O/c1-13-2-5-15(6-3-13)22-8-10-23(11-9-22)18(24)21-17-12-14(19)4-7-16(17)20/h2-7,12H,8-11H2,1H3,(H,21,24). The highest BCUT2D eigenvalue weighted by Crippen LogP contribution is 2.26. The van der Waals surface area contributed by atoms with Gasteiger partial charge in [0.15, 0.2) is 0 Å². The molecule has 1 aliphatic rings. The summed E-state index contributed by atoms with van der Waals surface area (Å²) in [5.41, 5.74) is 2.98. The van der Waals surface area contributed by atoms with Crippen LogP contribution in [-0.4, -0.2) is 37.1 Å². The first kappa shape index (κ1) is 16.9. The van der Waals surface area contributed by atoms with E-state index in [4.69, 9.17) is 23.2 Å². The first-order chi connectivity index (χ1) is 11.5. The van der Waals surface area contributed by atoms with Crippen molar-refractivity contribution in [2.45, 2.75) is 6.92 Å². The topological polar surface area (TPSA) is 35.6 Å². The second-order valence-corrected chi connectivity index (χ2v) is 6.71. The van der Waals surface area contributed by atoms with E-state index in [0.717, 1.165) is 13.1 Å². The highest BCUT2D eigenvalue weighted by Gasteiger charge is 2.21. The molecule has 1 heterocycles. The number of urea groups is 1. The molecular formula is C18H19Cl2N3O.